The Morgan fingerprint density at radius 1 is 0.893 bits per heavy atom. The lowest BCUT2D eigenvalue weighted by Crippen LogP contribution is -2.69. The summed E-state index contributed by atoms with van der Waals surface area (Å²) in [5.74, 6) is -4.01. The highest BCUT2D eigenvalue weighted by molar-refractivity contribution is 6.08. The standard InChI is InChI=1S/C46H73NO9/c1-10-11-12-13-14-15-16-17-18-19-20-21-22-23-24-25-26-34(47-56-43(52)44(4,5)6)42(51)54-35-27-30(2)32-28-36-45(7)33(29-37(48)55-36)31(3)39(53-9)38(49)40(45)46(32,8)41(35)50/h27,30,32-34,36,40,47H,10-26,28-29H2,1-9H3/t30-,32+,33+,34?,36-,40+,45-,46+/m1/s1. The number of hydrogen-bond donors (Lipinski definition) is 1. The summed E-state index contributed by atoms with van der Waals surface area (Å²) in [6, 6.07) is -0.986. The van der Waals surface area contributed by atoms with Crippen molar-refractivity contribution in [2.45, 2.75) is 190 Å². The van der Waals surface area contributed by atoms with Gasteiger partial charge in [0.15, 0.2) is 11.5 Å². The molecule has 1 saturated heterocycles. The van der Waals surface area contributed by atoms with Gasteiger partial charge in [-0.1, -0.05) is 130 Å². The number of nitrogens with one attached hydrogen (secondary N) is 1. The van der Waals surface area contributed by atoms with Gasteiger partial charge < -0.3 is 19.0 Å². The molecule has 1 heterocycles. The molecule has 56 heavy (non-hydrogen) atoms. The van der Waals surface area contributed by atoms with Crippen LogP contribution < -0.4 is 5.48 Å². The summed E-state index contributed by atoms with van der Waals surface area (Å²) in [5, 5.41) is 0. The molecule has 4 aliphatic rings. The van der Waals surface area contributed by atoms with Crippen LogP contribution in [0.5, 0.6) is 0 Å². The number of unbranched alkanes of at least 4 members (excludes halogenated alkanes) is 15. The van der Waals surface area contributed by atoms with Gasteiger partial charge in [-0.25, -0.2) is 9.59 Å². The van der Waals surface area contributed by atoms with Gasteiger partial charge in [0.05, 0.1) is 18.9 Å². The first-order valence-electron chi connectivity index (χ1n) is 22.0. The lowest BCUT2D eigenvalue weighted by atomic mass is 9.40. The summed E-state index contributed by atoms with van der Waals surface area (Å²) < 4.78 is 17.6. The van der Waals surface area contributed by atoms with Gasteiger partial charge in [-0.05, 0) is 64.0 Å². The maximum atomic E-state index is 14.7. The van der Waals surface area contributed by atoms with E-state index in [2.05, 4.69) is 12.4 Å². The van der Waals surface area contributed by atoms with Crippen molar-refractivity contribution in [2.24, 2.45) is 39.9 Å². The minimum Gasteiger partial charge on any atom is -0.493 e. The Hall–Kier alpha value is -3.01. The van der Waals surface area contributed by atoms with Gasteiger partial charge in [0.1, 0.15) is 12.1 Å². The van der Waals surface area contributed by atoms with Crippen molar-refractivity contribution in [1.29, 1.82) is 0 Å². The molecule has 8 atom stereocenters. The first kappa shape index (κ1) is 45.7. The molecule has 4 rings (SSSR count). The van der Waals surface area contributed by atoms with Crippen LogP contribution >= 0.6 is 0 Å². The number of methoxy groups -OCH3 is 1. The van der Waals surface area contributed by atoms with Crippen LogP contribution in [0.25, 0.3) is 0 Å². The van der Waals surface area contributed by atoms with E-state index in [9.17, 15) is 24.0 Å². The lowest BCUT2D eigenvalue weighted by Gasteiger charge is -2.64. The van der Waals surface area contributed by atoms with Crippen LogP contribution in [0.3, 0.4) is 0 Å². The summed E-state index contributed by atoms with van der Waals surface area (Å²) in [5.41, 5.74) is 0.485. The first-order chi connectivity index (χ1) is 26.5. The number of hydrogen-bond acceptors (Lipinski definition) is 10. The minimum atomic E-state index is -1.26. The molecular weight excluding hydrogens is 711 g/mol. The van der Waals surface area contributed by atoms with E-state index in [4.69, 9.17) is 19.0 Å². The molecule has 0 amide bonds. The number of esters is 2. The molecule has 1 aliphatic heterocycles. The summed E-state index contributed by atoms with van der Waals surface area (Å²) in [6.07, 6.45) is 21.7. The first-order valence-corrected chi connectivity index (χ1v) is 22.0. The number of carbonyl (C=O) groups is 5. The molecule has 3 aliphatic carbocycles. The predicted molar refractivity (Wildman–Crippen MR) is 215 cm³/mol. The molecule has 10 nitrogen and oxygen atoms in total. The normalized spacial score (nSPS) is 29.2. The van der Waals surface area contributed by atoms with Gasteiger partial charge in [0, 0.05) is 22.7 Å². The van der Waals surface area contributed by atoms with Crippen molar-refractivity contribution in [2.75, 3.05) is 7.11 Å². The topological polar surface area (TPSA) is 134 Å². The number of rotatable bonds is 22. The average Bonchev–Trinajstić information content (AvgIpc) is 3.13. The van der Waals surface area contributed by atoms with Crippen LogP contribution in [0, 0.1) is 39.9 Å². The van der Waals surface area contributed by atoms with E-state index in [1.54, 1.807) is 33.8 Å². The van der Waals surface area contributed by atoms with Crippen molar-refractivity contribution in [1.82, 2.24) is 5.48 Å². The van der Waals surface area contributed by atoms with Gasteiger partial charge in [-0.15, -0.1) is 5.48 Å². The zero-order valence-corrected chi connectivity index (χ0v) is 36.2. The van der Waals surface area contributed by atoms with E-state index < -0.39 is 52.0 Å². The SMILES string of the molecule is CCCCCCCCCCCCCCCCCCC(NOC(=O)C(C)(C)C)C(=O)OC1=C[C@@H](C)[C@@H]2C[C@H]3OC(=O)C[C@H]4C(C)=C(OC)C(=O)[C@H]([C@@]2(C)C1=O)[C@@]34C. The molecule has 1 N–H and O–H groups in total. The van der Waals surface area contributed by atoms with E-state index in [-0.39, 0.29) is 47.4 Å². The van der Waals surface area contributed by atoms with Crippen molar-refractivity contribution in [3.8, 4) is 0 Å². The van der Waals surface area contributed by atoms with E-state index >= 15 is 0 Å². The largest absolute Gasteiger partial charge is 0.493 e. The second-order valence-corrected chi connectivity index (χ2v) is 18.8. The molecule has 1 saturated carbocycles. The Kier molecular flexibility index (Phi) is 16.4. The predicted octanol–water partition coefficient (Wildman–Crippen LogP) is 9.83. The number of carbonyl (C=O) groups excluding carboxylic acids is 5. The van der Waals surface area contributed by atoms with Crippen LogP contribution in [0.4, 0.5) is 0 Å². The number of allylic oxidation sites excluding steroid dienone is 4. The van der Waals surface area contributed by atoms with Crippen molar-refractivity contribution in [3.63, 3.8) is 0 Å². The fourth-order valence-electron chi connectivity index (χ4n) is 10.3. The Balaban J connectivity index is 1.37. The second-order valence-electron chi connectivity index (χ2n) is 18.8. The van der Waals surface area contributed by atoms with E-state index in [1.807, 2.05) is 20.8 Å². The number of fused-ring (bicyclic) bond motifs is 2. The third-order valence-electron chi connectivity index (χ3n) is 13.6. The van der Waals surface area contributed by atoms with Gasteiger partial charge in [-0.3, -0.25) is 14.4 Å². The Morgan fingerprint density at radius 2 is 1.43 bits per heavy atom. The van der Waals surface area contributed by atoms with Gasteiger partial charge in [-0.2, -0.15) is 0 Å². The molecule has 0 spiro atoms. The second kappa shape index (κ2) is 20.1. The molecule has 0 aromatic heterocycles. The van der Waals surface area contributed by atoms with Crippen LogP contribution in [-0.4, -0.2) is 48.7 Å². The molecular formula is C46H73NO9. The van der Waals surface area contributed by atoms with Crippen molar-refractivity contribution < 1.29 is 43.0 Å². The average molecular weight is 784 g/mol. The van der Waals surface area contributed by atoms with Crippen LogP contribution in [0.2, 0.25) is 0 Å². The molecule has 0 radical (unpaired) electrons. The highest BCUT2D eigenvalue weighted by atomic mass is 16.7. The van der Waals surface area contributed by atoms with Crippen molar-refractivity contribution >= 4 is 29.5 Å². The lowest BCUT2D eigenvalue weighted by molar-refractivity contribution is -0.217. The molecule has 0 aromatic rings. The van der Waals surface area contributed by atoms with E-state index in [0.717, 1.165) is 19.3 Å². The maximum Gasteiger partial charge on any atom is 0.332 e. The van der Waals surface area contributed by atoms with Crippen LogP contribution in [-0.2, 0) is 43.0 Å². The number of ether oxygens (including phenoxy) is 3. The third kappa shape index (κ3) is 10.2. The molecule has 10 heteroatoms. The monoisotopic (exact) mass is 784 g/mol. The highest BCUT2D eigenvalue weighted by Crippen LogP contribution is 2.67. The zero-order chi connectivity index (χ0) is 41.3. The fourth-order valence-corrected chi connectivity index (χ4v) is 10.3. The Morgan fingerprint density at radius 3 is 1.95 bits per heavy atom. The van der Waals surface area contributed by atoms with Crippen LogP contribution in [0.15, 0.2) is 23.2 Å². The van der Waals surface area contributed by atoms with E-state index in [0.29, 0.717) is 24.8 Å². The summed E-state index contributed by atoms with van der Waals surface area (Å²) in [7, 11) is 1.44. The molecule has 0 aromatic carbocycles. The number of Topliss-reactive ketones (excluding diaryl/α,β-unsaturated/α-hetero) is 2. The van der Waals surface area contributed by atoms with Crippen molar-refractivity contribution in [3.05, 3.63) is 23.2 Å². The summed E-state index contributed by atoms with van der Waals surface area (Å²) in [6.45, 7) is 15.0. The maximum absolute atomic E-state index is 14.7. The summed E-state index contributed by atoms with van der Waals surface area (Å²) in [4.78, 5) is 73.9. The fraction of sp³-hybridized carbons (Fsp3) is 0.804. The number of hydroxylamine groups is 1. The quantitative estimate of drug-likeness (QED) is 0.0489. The molecule has 1 unspecified atom stereocenters. The number of ketones is 2. The highest BCUT2D eigenvalue weighted by Gasteiger charge is 2.72. The summed E-state index contributed by atoms with van der Waals surface area (Å²) >= 11 is 0. The van der Waals surface area contributed by atoms with Gasteiger partial charge in [0.25, 0.3) is 0 Å². The van der Waals surface area contributed by atoms with Gasteiger partial charge in [0.2, 0.25) is 11.6 Å². The molecule has 0 bridgehead atoms. The Bertz CT molecular complexity index is 1470. The van der Waals surface area contributed by atoms with Gasteiger partial charge >= 0.3 is 17.9 Å². The third-order valence-corrected chi connectivity index (χ3v) is 13.6. The molecule has 316 valence electrons. The minimum absolute atomic E-state index is 0.0949. The molecule has 2 fully saturated rings. The smallest absolute Gasteiger partial charge is 0.332 e. The Labute approximate surface area is 337 Å². The zero-order valence-electron chi connectivity index (χ0n) is 36.2. The van der Waals surface area contributed by atoms with E-state index in [1.165, 1.54) is 84.2 Å². The van der Waals surface area contributed by atoms with Crippen LogP contribution in [0.1, 0.15) is 177 Å².